The normalized spacial score (nSPS) is 12.0. The van der Waals surface area contributed by atoms with E-state index in [0.29, 0.717) is 17.1 Å². The van der Waals surface area contributed by atoms with Crippen molar-refractivity contribution in [2.45, 2.75) is 26.8 Å². The van der Waals surface area contributed by atoms with Gasteiger partial charge in [0.2, 0.25) is 0 Å². The van der Waals surface area contributed by atoms with Gasteiger partial charge in [0, 0.05) is 4.88 Å². The molecule has 0 fully saturated rings. The molecule has 1 unspecified atom stereocenters. The standard InChI is InChI=1S/C14H18N4O2S/c1-7-13(21-9(3)17-7)8(2)18-12-5-10(14(19)20-4)11(15)6-16-12/h5-6,8H,15H2,1-4H3,(H,16,18). The lowest BCUT2D eigenvalue weighted by atomic mass is 10.2. The molecular weight excluding hydrogens is 288 g/mol. The Morgan fingerprint density at radius 3 is 2.76 bits per heavy atom. The van der Waals surface area contributed by atoms with Crippen LogP contribution in [0.5, 0.6) is 0 Å². The molecule has 0 aliphatic rings. The van der Waals surface area contributed by atoms with Crippen molar-refractivity contribution in [1.29, 1.82) is 0 Å². The molecule has 6 nitrogen and oxygen atoms in total. The lowest BCUT2D eigenvalue weighted by molar-refractivity contribution is 0.0602. The van der Waals surface area contributed by atoms with Crippen molar-refractivity contribution in [3.63, 3.8) is 0 Å². The average Bonchev–Trinajstić information content (AvgIpc) is 2.79. The van der Waals surface area contributed by atoms with E-state index in [0.717, 1.165) is 15.6 Å². The zero-order valence-electron chi connectivity index (χ0n) is 12.4. The number of hydrogen-bond donors (Lipinski definition) is 2. The number of pyridine rings is 1. The van der Waals surface area contributed by atoms with E-state index in [1.807, 2.05) is 20.8 Å². The van der Waals surface area contributed by atoms with Crippen LogP contribution in [0.3, 0.4) is 0 Å². The number of nitrogens with two attached hydrogens (primary N) is 1. The molecular formula is C14H18N4O2S. The Morgan fingerprint density at radius 2 is 2.19 bits per heavy atom. The molecule has 0 aliphatic carbocycles. The first-order valence-electron chi connectivity index (χ1n) is 6.46. The molecule has 0 aromatic carbocycles. The summed E-state index contributed by atoms with van der Waals surface area (Å²) in [5.74, 6) is 0.0953. The monoisotopic (exact) mass is 306 g/mol. The second kappa shape index (κ2) is 6.09. The number of esters is 1. The van der Waals surface area contributed by atoms with Gasteiger partial charge >= 0.3 is 5.97 Å². The van der Waals surface area contributed by atoms with E-state index in [1.165, 1.54) is 13.3 Å². The molecule has 21 heavy (non-hydrogen) atoms. The van der Waals surface area contributed by atoms with Crippen molar-refractivity contribution in [3.05, 3.63) is 33.4 Å². The van der Waals surface area contributed by atoms with Crippen LogP contribution >= 0.6 is 11.3 Å². The number of methoxy groups -OCH3 is 1. The van der Waals surface area contributed by atoms with E-state index in [-0.39, 0.29) is 6.04 Å². The van der Waals surface area contributed by atoms with Gasteiger partial charge in [0.15, 0.2) is 0 Å². The Kier molecular flexibility index (Phi) is 4.42. The van der Waals surface area contributed by atoms with E-state index >= 15 is 0 Å². The third kappa shape index (κ3) is 3.30. The number of rotatable bonds is 4. The van der Waals surface area contributed by atoms with Crippen LogP contribution < -0.4 is 11.1 Å². The summed E-state index contributed by atoms with van der Waals surface area (Å²) in [6, 6.07) is 1.64. The van der Waals surface area contributed by atoms with Gasteiger partial charge in [-0.15, -0.1) is 11.3 Å². The van der Waals surface area contributed by atoms with Gasteiger partial charge in [0.1, 0.15) is 5.82 Å². The summed E-state index contributed by atoms with van der Waals surface area (Å²) in [5, 5.41) is 4.28. The fourth-order valence-corrected chi connectivity index (χ4v) is 3.00. The SMILES string of the molecule is COC(=O)c1cc(NC(C)c2sc(C)nc2C)ncc1N. The number of nitrogens with zero attached hydrogens (tertiary/aromatic N) is 2. The van der Waals surface area contributed by atoms with Gasteiger partial charge in [0.25, 0.3) is 0 Å². The molecule has 2 aromatic rings. The minimum absolute atomic E-state index is 0.0396. The molecule has 0 saturated carbocycles. The minimum Gasteiger partial charge on any atom is -0.465 e. The van der Waals surface area contributed by atoms with Crippen LogP contribution in [0.4, 0.5) is 11.5 Å². The van der Waals surface area contributed by atoms with E-state index in [1.54, 1.807) is 17.4 Å². The Morgan fingerprint density at radius 1 is 1.48 bits per heavy atom. The first-order valence-corrected chi connectivity index (χ1v) is 7.28. The van der Waals surface area contributed by atoms with Crippen molar-refractivity contribution in [3.8, 4) is 0 Å². The summed E-state index contributed by atoms with van der Waals surface area (Å²) < 4.78 is 4.70. The number of hydrogen-bond acceptors (Lipinski definition) is 7. The van der Waals surface area contributed by atoms with Crippen molar-refractivity contribution < 1.29 is 9.53 Å². The molecule has 0 radical (unpaired) electrons. The second-order valence-electron chi connectivity index (χ2n) is 4.70. The topological polar surface area (TPSA) is 90.1 Å². The number of aromatic nitrogens is 2. The molecule has 0 bridgehead atoms. The van der Waals surface area contributed by atoms with E-state index < -0.39 is 5.97 Å². The first kappa shape index (κ1) is 15.2. The van der Waals surface area contributed by atoms with E-state index in [9.17, 15) is 4.79 Å². The van der Waals surface area contributed by atoms with Crippen LogP contribution in [0.2, 0.25) is 0 Å². The number of ether oxygens (including phenoxy) is 1. The van der Waals surface area contributed by atoms with Crippen LogP contribution in [-0.2, 0) is 4.74 Å². The second-order valence-corrected chi connectivity index (χ2v) is 5.93. The average molecular weight is 306 g/mol. The van der Waals surface area contributed by atoms with Crippen LogP contribution in [0.1, 0.15) is 38.9 Å². The van der Waals surface area contributed by atoms with Crippen molar-refractivity contribution in [2.24, 2.45) is 0 Å². The lowest BCUT2D eigenvalue weighted by Gasteiger charge is -2.14. The molecule has 2 aromatic heterocycles. The maximum atomic E-state index is 11.6. The van der Waals surface area contributed by atoms with Crippen LogP contribution in [0.25, 0.3) is 0 Å². The number of nitrogen functional groups attached to an aromatic ring is 1. The Hall–Kier alpha value is -2.15. The maximum absolute atomic E-state index is 11.6. The predicted molar refractivity (Wildman–Crippen MR) is 83.6 cm³/mol. The van der Waals surface area contributed by atoms with E-state index in [4.69, 9.17) is 10.5 Å². The predicted octanol–water partition coefficient (Wildman–Crippen LogP) is 2.70. The third-order valence-electron chi connectivity index (χ3n) is 3.04. The third-order valence-corrected chi connectivity index (χ3v) is 4.29. The fourth-order valence-electron chi connectivity index (χ4n) is 2.07. The number of carbonyl (C=O) groups excluding carboxylic acids is 1. The summed E-state index contributed by atoms with van der Waals surface area (Å²) in [7, 11) is 1.32. The van der Waals surface area contributed by atoms with Crippen LogP contribution in [0.15, 0.2) is 12.3 Å². The largest absolute Gasteiger partial charge is 0.465 e. The molecule has 0 aliphatic heterocycles. The van der Waals surface area contributed by atoms with Crippen LogP contribution in [0, 0.1) is 13.8 Å². The highest BCUT2D eigenvalue weighted by Crippen LogP contribution is 2.27. The number of nitrogens with one attached hydrogen (secondary N) is 1. The minimum atomic E-state index is -0.476. The highest BCUT2D eigenvalue weighted by Gasteiger charge is 2.16. The molecule has 0 spiro atoms. The Bertz CT molecular complexity index is 669. The summed E-state index contributed by atoms with van der Waals surface area (Å²) in [4.78, 5) is 21.4. The van der Waals surface area contributed by atoms with E-state index in [2.05, 4.69) is 15.3 Å². The molecule has 2 rings (SSSR count). The number of thiazole rings is 1. The fraction of sp³-hybridized carbons (Fsp3) is 0.357. The van der Waals surface area contributed by atoms with Gasteiger partial charge in [-0.25, -0.2) is 14.8 Å². The maximum Gasteiger partial charge on any atom is 0.340 e. The Labute approximate surface area is 127 Å². The molecule has 3 N–H and O–H groups in total. The highest BCUT2D eigenvalue weighted by atomic mass is 32.1. The van der Waals surface area contributed by atoms with Gasteiger partial charge in [-0.2, -0.15) is 0 Å². The zero-order valence-corrected chi connectivity index (χ0v) is 13.2. The summed E-state index contributed by atoms with van der Waals surface area (Å²) >= 11 is 1.64. The molecule has 7 heteroatoms. The quantitative estimate of drug-likeness (QED) is 0.844. The highest BCUT2D eigenvalue weighted by molar-refractivity contribution is 7.11. The van der Waals surface area contributed by atoms with Gasteiger partial charge in [-0.05, 0) is 26.8 Å². The van der Waals surface area contributed by atoms with Crippen LogP contribution in [-0.4, -0.2) is 23.0 Å². The number of aryl methyl sites for hydroxylation is 2. The van der Waals surface area contributed by atoms with Crippen molar-refractivity contribution >= 4 is 28.8 Å². The van der Waals surface area contributed by atoms with Gasteiger partial charge in [0.05, 0.1) is 41.3 Å². The summed E-state index contributed by atoms with van der Waals surface area (Å²) in [5.41, 5.74) is 7.34. The molecule has 1 atom stereocenters. The van der Waals surface area contributed by atoms with Gasteiger partial charge < -0.3 is 15.8 Å². The summed E-state index contributed by atoms with van der Waals surface area (Å²) in [6.45, 7) is 5.98. The van der Waals surface area contributed by atoms with Gasteiger partial charge in [-0.3, -0.25) is 0 Å². The summed E-state index contributed by atoms with van der Waals surface area (Å²) in [6.07, 6.45) is 1.45. The molecule has 0 amide bonds. The van der Waals surface area contributed by atoms with Crippen molar-refractivity contribution in [2.75, 3.05) is 18.2 Å². The molecule has 0 saturated heterocycles. The van der Waals surface area contributed by atoms with Crippen molar-refractivity contribution in [1.82, 2.24) is 9.97 Å². The number of anilines is 2. The smallest absolute Gasteiger partial charge is 0.340 e. The van der Waals surface area contributed by atoms with Gasteiger partial charge in [-0.1, -0.05) is 0 Å². The first-order chi connectivity index (χ1) is 9.92. The number of carbonyl (C=O) groups is 1. The molecule has 2 heterocycles. The molecule has 112 valence electrons. The zero-order chi connectivity index (χ0) is 15.6. The Balaban J connectivity index is 2.23. The lowest BCUT2D eigenvalue weighted by Crippen LogP contribution is -2.11.